The molecule has 178 valence electrons. The minimum absolute atomic E-state index is 0.0492. The first-order chi connectivity index (χ1) is 15.6. The number of halogens is 1. The van der Waals surface area contributed by atoms with Crippen molar-refractivity contribution in [3.8, 4) is 0 Å². The number of Topliss-reactive ketones (excluding diaryl/α,β-unsaturated/α-hetero) is 1. The summed E-state index contributed by atoms with van der Waals surface area (Å²) in [5, 5.41) is 1.52. The van der Waals surface area contributed by atoms with E-state index in [0.717, 1.165) is 22.9 Å². The minimum atomic E-state index is -3.52. The molecular weight excluding hydrogens is 480 g/mol. The Morgan fingerprint density at radius 1 is 1.15 bits per heavy atom. The number of piperazine rings is 1. The number of hydrogen-bond acceptors (Lipinski definition) is 7. The number of sulfonamides is 1. The third kappa shape index (κ3) is 4.00. The molecule has 2 saturated carbocycles. The van der Waals surface area contributed by atoms with Crippen molar-refractivity contribution >= 4 is 44.1 Å². The van der Waals surface area contributed by atoms with Gasteiger partial charge in [-0.2, -0.15) is 8.68 Å². The fourth-order valence-corrected chi connectivity index (χ4v) is 8.96. The van der Waals surface area contributed by atoms with Crippen molar-refractivity contribution in [1.29, 1.82) is 0 Å². The summed E-state index contributed by atoms with van der Waals surface area (Å²) in [4.78, 5) is 19.6. The predicted molar refractivity (Wildman–Crippen MR) is 130 cm³/mol. The Morgan fingerprint density at radius 3 is 2.45 bits per heavy atom. The third-order valence-corrected chi connectivity index (χ3v) is 11.3. The van der Waals surface area contributed by atoms with Crippen LogP contribution in [0, 0.1) is 16.7 Å². The first kappa shape index (κ1) is 23.2. The highest BCUT2D eigenvalue weighted by Gasteiger charge is 2.65. The van der Waals surface area contributed by atoms with Crippen LogP contribution in [0.25, 0.3) is 0 Å². The quantitative estimate of drug-likeness (QED) is 0.592. The van der Waals surface area contributed by atoms with Gasteiger partial charge in [-0.05, 0) is 41.9 Å². The van der Waals surface area contributed by atoms with Crippen molar-refractivity contribution in [3.63, 3.8) is 0 Å². The number of carbonyl (C=O) groups is 1. The standard InChI is InChI=1S/C23H29ClN4O3S2/c1-22(2)17-7-8-23(22,19(29)14-17)15-33(30,31)28-11-9-27(10-12-28)21-25-20(26-32-21)13-16-3-5-18(24)6-4-16/h3-6,17H,7-15H2,1-2H3. The molecule has 1 saturated heterocycles. The summed E-state index contributed by atoms with van der Waals surface area (Å²) >= 11 is 7.30. The molecule has 0 amide bonds. The number of carbonyl (C=O) groups excluding carboxylic acids is 1. The summed E-state index contributed by atoms with van der Waals surface area (Å²) in [6.07, 6.45) is 2.82. The average molecular weight is 509 g/mol. The van der Waals surface area contributed by atoms with Gasteiger partial charge in [-0.3, -0.25) is 4.79 Å². The Balaban J connectivity index is 1.22. The zero-order valence-corrected chi connectivity index (χ0v) is 21.3. The number of aromatic nitrogens is 2. The molecule has 2 bridgehead atoms. The van der Waals surface area contributed by atoms with E-state index in [0.29, 0.717) is 56.4 Å². The molecule has 1 aliphatic heterocycles. The van der Waals surface area contributed by atoms with Gasteiger partial charge in [-0.25, -0.2) is 13.4 Å². The number of fused-ring (bicyclic) bond motifs is 2. The van der Waals surface area contributed by atoms with Crippen molar-refractivity contribution in [2.45, 2.75) is 39.5 Å². The summed E-state index contributed by atoms with van der Waals surface area (Å²) in [5.74, 6) is 1.17. The summed E-state index contributed by atoms with van der Waals surface area (Å²) < 4.78 is 32.8. The molecule has 3 fully saturated rings. The van der Waals surface area contributed by atoms with Crippen molar-refractivity contribution in [2.75, 3.05) is 36.8 Å². The fourth-order valence-electron chi connectivity index (χ4n) is 5.90. The highest BCUT2D eigenvalue weighted by molar-refractivity contribution is 7.89. The van der Waals surface area contributed by atoms with E-state index < -0.39 is 15.4 Å². The Kier molecular flexibility index (Phi) is 5.83. The lowest BCUT2D eigenvalue weighted by Gasteiger charge is -2.39. The van der Waals surface area contributed by atoms with Gasteiger partial charge in [0, 0.05) is 61.0 Å². The lowest BCUT2D eigenvalue weighted by molar-refractivity contribution is -0.128. The first-order valence-corrected chi connectivity index (χ1v) is 14.2. The molecule has 2 aromatic rings. The van der Waals surface area contributed by atoms with Crippen LogP contribution in [-0.4, -0.2) is 59.8 Å². The van der Waals surface area contributed by atoms with E-state index in [9.17, 15) is 13.2 Å². The smallest absolute Gasteiger partial charge is 0.215 e. The summed E-state index contributed by atoms with van der Waals surface area (Å²) in [5.41, 5.74) is 0.132. The summed E-state index contributed by atoms with van der Waals surface area (Å²) in [6, 6.07) is 7.65. The largest absolute Gasteiger partial charge is 0.344 e. The van der Waals surface area contributed by atoms with Crippen LogP contribution in [0.3, 0.4) is 0 Å². The van der Waals surface area contributed by atoms with E-state index in [1.807, 2.05) is 24.3 Å². The van der Waals surface area contributed by atoms with E-state index in [1.54, 1.807) is 4.31 Å². The zero-order valence-electron chi connectivity index (χ0n) is 19.0. The van der Waals surface area contributed by atoms with Gasteiger partial charge in [0.15, 0.2) is 0 Å². The third-order valence-electron chi connectivity index (χ3n) is 8.20. The molecule has 1 aromatic heterocycles. The number of hydrogen-bond donors (Lipinski definition) is 0. The van der Waals surface area contributed by atoms with Gasteiger partial charge in [0.1, 0.15) is 11.6 Å². The van der Waals surface area contributed by atoms with Crippen LogP contribution in [-0.2, 0) is 21.2 Å². The minimum Gasteiger partial charge on any atom is -0.344 e. The van der Waals surface area contributed by atoms with Gasteiger partial charge in [-0.1, -0.05) is 37.6 Å². The Labute approximate surface area is 204 Å². The van der Waals surface area contributed by atoms with Crippen molar-refractivity contribution in [3.05, 3.63) is 40.7 Å². The van der Waals surface area contributed by atoms with Gasteiger partial charge < -0.3 is 4.90 Å². The second-order valence-electron chi connectivity index (χ2n) is 10.1. The molecule has 3 aliphatic rings. The van der Waals surface area contributed by atoms with Crippen molar-refractivity contribution in [1.82, 2.24) is 13.7 Å². The van der Waals surface area contributed by atoms with E-state index in [2.05, 4.69) is 28.1 Å². The number of rotatable bonds is 6. The highest BCUT2D eigenvalue weighted by atomic mass is 35.5. The van der Waals surface area contributed by atoms with Gasteiger partial charge in [0.25, 0.3) is 0 Å². The highest BCUT2D eigenvalue weighted by Crippen LogP contribution is 2.64. The number of nitrogens with zero attached hydrogens (tertiary/aromatic N) is 4. The van der Waals surface area contributed by atoms with Gasteiger partial charge in [0.05, 0.1) is 5.75 Å². The monoisotopic (exact) mass is 508 g/mol. The predicted octanol–water partition coefficient (Wildman–Crippen LogP) is 3.63. The number of anilines is 1. The maximum Gasteiger partial charge on any atom is 0.215 e. The SMILES string of the molecule is CC1(C)C2CCC1(CS(=O)(=O)N1CCN(c3nc(Cc4ccc(Cl)cc4)ns3)CC1)C(=O)C2. The fraction of sp³-hybridized carbons (Fsp3) is 0.609. The van der Waals surface area contributed by atoms with Crippen LogP contribution in [0.1, 0.15) is 44.5 Å². The molecule has 2 aliphatic carbocycles. The normalized spacial score (nSPS) is 27.4. The van der Waals surface area contributed by atoms with Gasteiger partial charge in [-0.15, -0.1) is 0 Å². The van der Waals surface area contributed by atoms with E-state index in [-0.39, 0.29) is 17.0 Å². The molecule has 5 rings (SSSR count). The maximum atomic E-state index is 13.4. The van der Waals surface area contributed by atoms with E-state index in [4.69, 9.17) is 11.6 Å². The molecule has 2 atom stereocenters. The Bertz CT molecular complexity index is 1160. The summed E-state index contributed by atoms with van der Waals surface area (Å²) in [6.45, 7) is 6.12. The van der Waals surface area contributed by atoms with Crippen LogP contribution in [0.4, 0.5) is 5.13 Å². The van der Waals surface area contributed by atoms with Crippen molar-refractivity contribution in [2.24, 2.45) is 16.7 Å². The molecule has 2 unspecified atom stereocenters. The van der Waals surface area contributed by atoms with E-state index in [1.165, 1.54) is 11.5 Å². The van der Waals surface area contributed by atoms with Gasteiger partial charge >= 0.3 is 0 Å². The van der Waals surface area contributed by atoms with Crippen LogP contribution in [0.15, 0.2) is 24.3 Å². The first-order valence-electron chi connectivity index (χ1n) is 11.4. The molecule has 33 heavy (non-hydrogen) atoms. The molecule has 10 heteroatoms. The summed E-state index contributed by atoms with van der Waals surface area (Å²) in [7, 11) is -3.52. The van der Waals surface area contributed by atoms with Crippen LogP contribution < -0.4 is 4.90 Å². The van der Waals surface area contributed by atoms with Crippen molar-refractivity contribution < 1.29 is 13.2 Å². The Morgan fingerprint density at radius 2 is 1.85 bits per heavy atom. The second-order valence-corrected chi connectivity index (χ2v) is 13.2. The second kappa shape index (κ2) is 8.29. The number of benzene rings is 1. The molecule has 7 nitrogen and oxygen atoms in total. The molecule has 0 N–H and O–H groups in total. The molecule has 0 spiro atoms. The molecule has 0 radical (unpaired) electrons. The van der Waals surface area contributed by atoms with Crippen LogP contribution >= 0.6 is 23.1 Å². The maximum absolute atomic E-state index is 13.4. The lowest BCUT2D eigenvalue weighted by Crippen LogP contribution is -2.52. The number of ketones is 1. The topological polar surface area (TPSA) is 83.5 Å². The Hall–Kier alpha value is -1.55. The van der Waals surface area contributed by atoms with Crippen LogP contribution in [0.5, 0.6) is 0 Å². The van der Waals surface area contributed by atoms with E-state index >= 15 is 0 Å². The van der Waals surface area contributed by atoms with Gasteiger partial charge in [0.2, 0.25) is 15.2 Å². The van der Waals surface area contributed by atoms with Crippen LogP contribution in [0.2, 0.25) is 5.02 Å². The lowest BCUT2D eigenvalue weighted by atomic mass is 9.70. The zero-order chi connectivity index (χ0) is 23.4. The average Bonchev–Trinajstić information content (AvgIpc) is 3.38. The molecule has 2 heterocycles. The molecular formula is C23H29ClN4O3S2. The molecule has 1 aromatic carbocycles.